The average molecular weight is 485 g/mol. The highest BCUT2D eigenvalue weighted by Crippen LogP contribution is 2.28. The summed E-state index contributed by atoms with van der Waals surface area (Å²) in [5.41, 5.74) is 0.944. The summed E-state index contributed by atoms with van der Waals surface area (Å²) in [7, 11) is 0. The first kappa shape index (κ1) is 30.5. The number of ether oxygens (including phenoxy) is 2. The molecule has 1 aliphatic rings. The number of nitrogens with one attached hydrogen (secondary N) is 2. The molecule has 1 aromatic rings. The molecule has 8 heteroatoms. The molecule has 35 heavy (non-hydrogen) atoms. The largest absolute Gasteiger partial charge is 0.494 e. The van der Waals surface area contributed by atoms with E-state index in [1.165, 1.54) is 25.7 Å². The highest BCUT2D eigenvalue weighted by atomic mass is 16.5. The first-order valence-electron chi connectivity index (χ1n) is 12.8. The molecular formula is C27H42BN2O5. The summed E-state index contributed by atoms with van der Waals surface area (Å²) in [6, 6.07) is 6.92. The summed E-state index contributed by atoms with van der Waals surface area (Å²) >= 11 is 0. The van der Waals surface area contributed by atoms with Gasteiger partial charge in [-0.25, -0.2) is 0 Å². The molecule has 0 unspecified atom stereocenters. The molecule has 0 heterocycles. The number of esters is 1. The van der Waals surface area contributed by atoms with Crippen LogP contribution >= 0.6 is 0 Å². The van der Waals surface area contributed by atoms with Gasteiger partial charge in [0.2, 0.25) is 11.8 Å². The van der Waals surface area contributed by atoms with E-state index >= 15 is 0 Å². The zero-order valence-corrected chi connectivity index (χ0v) is 21.6. The molecule has 2 N–H and O–H groups in total. The van der Waals surface area contributed by atoms with E-state index in [1.807, 2.05) is 38.1 Å². The van der Waals surface area contributed by atoms with Gasteiger partial charge in [0.1, 0.15) is 11.8 Å². The van der Waals surface area contributed by atoms with Crippen molar-refractivity contribution in [3.8, 4) is 5.75 Å². The van der Waals surface area contributed by atoms with E-state index in [-0.39, 0.29) is 26.2 Å². The summed E-state index contributed by atoms with van der Waals surface area (Å²) in [6.45, 7) is 7.26. The van der Waals surface area contributed by atoms with Crippen LogP contribution in [0.5, 0.6) is 5.75 Å². The molecule has 0 spiro atoms. The topological polar surface area (TPSA) is 93.7 Å². The minimum atomic E-state index is -0.605. The van der Waals surface area contributed by atoms with Gasteiger partial charge in [-0.1, -0.05) is 51.7 Å². The Morgan fingerprint density at radius 2 is 1.74 bits per heavy atom. The van der Waals surface area contributed by atoms with Crippen molar-refractivity contribution >= 4 is 26.2 Å². The molecule has 0 bridgehead atoms. The molecule has 3 radical (unpaired) electrons. The lowest BCUT2D eigenvalue weighted by molar-refractivity contribution is -0.143. The molecular weight excluding hydrogens is 443 g/mol. The fourth-order valence-electron chi connectivity index (χ4n) is 4.14. The van der Waals surface area contributed by atoms with Crippen LogP contribution in [0.1, 0.15) is 77.7 Å². The minimum Gasteiger partial charge on any atom is -0.494 e. The highest BCUT2D eigenvalue weighted by molar-refractivity contribution is 5.87. The Morgan fingerprint density at radius 1 is 1.06 bits per heavy atom. The van der Waals surface area contributed by atoms with Crippen LogP contribution in [-0.4, -0.2) is 52.0 Å². The van der Waals surface area contributed by atoms with Crippen molar-refractivity contribution < 1.29 is 23.9 Å². The van der Waals surface area contributed by atoms with E-state index in [2.05, 4.69) is 10.6 Å². The molecule has 193 valence electrons. The van der Waals surface area contributed by atoms with Crippen molar-refractivity contribution in [2.45, 2.75) is 84.6 Å². The second kappa shape index (κ2) is 17.0. The van der Waals surface area contributed by atoms with Gasteiger partial charge in [0.05, 0.1) is 13.2 Å². The van der Waals surface area contributed by atoms with Crippen molar-refractivity contribution in [1.29, 1.82) is 0 Å². The predicted octanol–water partition coefficient (Wildman–Crippen LogP) is 3.80. The molecule has 1 aliphatic carbocycles. The van der Waals surface area contributed by atoms with E-state index in [0.717, 1.165) is 12.0 Å². The lowest BCUT2D eigenvalue weighted by Gasteiger charge is -2.20. The Labute approximate surface area is 212 Å². The van der Waals surface area contributed by atoms with Crippen molar-refractivity contribution in [1.82, 2.24) is 10.6 Å². The first-order valence-corrected chi connectivity index (χ1v) is 12.8. The third-order valence-electron chi connectivity index (χ3n) is 6.05. The van der Waals surface area contributed by atoms with Crippen LogP contribution in [0.25, 0.3) is 0 Å². The van der Waals surface area contributed by atoms with Gasteiger partial charge in [-0.05, 0) is 49.3 Å². The fourth-order valence-corrected chi connectivity index (χ4v) is 4.14. The van der Waals surface area contributed by atoms with Gasteiger partial charge in [0.15, 0.2) is 0 Å². The van der Waals surface area contributed by atoms with Gasteiger partial charge in [-0.3, -0.25) is 14.4 Å². The molecule has 0 saturated heterocycles. The summed E-state index contributed by atoms with van der Waals surface area (Å²) in [5, 5.41) is 5.92. The van der Waals surface area contributed by atoms with Gasteiger partial charge in [-0.15, -0.1) is 0 Å². The zero-order chi connectivity index (χ0) is 24.8. The number of carbonyl (C=O) groups is 3. The molecule has 7 nitrogen and oxygen atoms in total. The molecule has 1 aromatic carbocycles. The van der Waals surface area contributed by atoms with E-state index in [1.54, 1.807) is 6.92 Å². The summed E-state index contributed by atoms with van der Waals surface area (Å²) < 4.78 is 10.6. The second-order valence-electron chi connectivity index (χ2n) is 9.55. The molecule has 1 saturated carbocycles. The maximum absolute atomic E-state index is 12.8. The van der Waals surface area contributed by atoms with Crippen LogP contribution in [0, 0.1) is 11.8 Å². The van der Waals surface area contributed by atoms with E-state index in [9.17, 15) is 14.4 Å². The van der Waals surface area contributed by atoms with Gasteiger partial charge in [0, 0.05) is 34.2 Å². The maximum Gasteiger partial charge on any atom is 0.305 e. The van der Waals surface area contributed by atoms with Crippen molar-refractivity contribution in [2.75, 3.05) is 19.8 Å². The lowest BCUT2D eigenvalue weighted by atomic mass is 10.0. The molecule has 1 fully saturated rings. The standard InChI is InChI=1S/C27H42N2O5.B/c1-4-33-26(31)10-7-17-34-23-14-11-22(12-15-23)18-24(27(32)28-19-20(2)3)29-25(30)16-13-21-8-5-6-9-21;/h11-12,14-15,20-21,24H,4-10,13,16-19H2,1-3H3,(H,28,32)(H,29,30);/t24-;/m0./s1. The Bertz CT molecular complexity index is 763. The van der Waals surface area contributed by atoms with Crippen LogP contribution in [0.4, 0.5) is 0 Å². The van der Waals surface area contributed by atoms with Crippen LogP contribution < -0.4 is 15.4 Å². The fraction of sp³-hybridized carbons (Fsp3) is 0.667. The SMILES string of the molecule is CCOC(=O)CCCOc1ccc(C[C@H](NC(=O)CCC2CCCC2)C(=O)NCC(C)C)cc1.[B]. The second-order valence-corrected chi connectivity index (χ2v) is 9.55. The molecule has 2 amide bonds. The minimum absolute atomic E-state index is 0. The Kier molecular flexibility index (Phi) is 14.8. The molecule has 2 rings (SSSR count). The lowest BCUT2D eigenvalue weighted by Crippen LogP contribution is -2.48. The van der Waals surface area contributed by atoms with Crippen LogP contribution in [0.3, 0.4) is 0 Å². The number of hydrogen-bond donors (Lipinski definition) is 2. The molecule has 0 aromatic heterocycles. The van der Waals surface area contributed by atoms with Crippen LogP contribution in [0.2, 0.25) is 0 Å². The number of hydrogen-bond acceptors (Lipinski definition) is 5. The van der Waals surface area contributed by atoms with Crippen molar-refractivity contribution in [3.05, 3.63) is 29.8 Å². The van der Waals surface area contributed by atoms with Gasteiger partial charge >= 0.3 is 5.97 Å². The number of carbonyl (C=O) groups excluding carboxylic acids is 3. The van der Waals surface area contributed by atoms with E-state index < -0.39 is 6.04 Å². The highest BCUT2D eigenvalue weighted by Gasteiger charge is 2.23. The zero-order valence-electron chi connectivity index (χ0n) is 21.6. The quantitative estimate of drug-likeness (QED) is 0.224. The summed E-state index contributed by atoms with van der Waals surface area (Å²) in [4.78, 5) is 36.8. The number of amides is 2. The third kappa shape index (κ3) is 12.7. The summed E-state index contributed by atoms with van der Waals surface area (Å²) in [5.74, 6) is 1.26. The maximum atomic E-state index is 12.8. The third-order valence-corrected chi connectivity index (χ3v) is 6.05. The van der Waals surface area contributed by atoms with Gasteiger partial charge in [0.25, 0.3) is 0 Å². The van der Waals surface area contributed by atoms with Gasteiger partial charge < -0.3 is 20.1 Å². The molecule has 1 atom stereocenters. The summed E-state index contributed by atoms with van der Waals surface area (Å²) in [6.07, 6.45) is 7.65. The van der Waals surface area contributed by atoms with Gasteiger partial charge in [-0.2, -0.15) is 0 Å². The van der Waals surface area contributed by atoms with Crippen LogP contribution in [-0.2, 0) is 25.5 Å². The van der Waals surface area contributed by atoms with E-state index in [4.69, 9.17) is 9.47 Å². The van der Waals surface area contributed by atoms with Crippen molar-refractivity contribution in [2.24, 2.45) is 11.8 Å². The van der Waals surface area contributed by atoms with Crippen LogP contribution in [0.15, 0.2) is 24.3 Å². The van der Waals surface area contributed by atoms with Crippen molar-refractivity contribution in [3.63, 3.8) is 0 Å². The predicted molar refractivity (Wildman–Crippen MR) is 138 cm³/mol. The normalized spacial score (nSPS) is 14.2. The Balaban J connectivity index is 0.00000612. The van der Waals surface area contributed by atoms with E-state index in [0.29, 0.717) is 63.0 Å². The molecule has 0 aliphatic heterocycles. The Morgan fingerprint density at radius 3 is 2.37 bits per heavy atom. The number of benzene rings is 1. The smallest absolute Gasteiger partial charge is 0.305 e. The average Bonchev–Trinajstić information content (AvgIpc) is 3.33. The Hall–Kier alpha value is -2.51. The number of rotatable bonds is 15. The monoisotopic (exact) mass is 485 g/mol. The first-order chi connectivity index (χ1) is 16.4.